The third kappa shape index (κ3) is 6.82. The van der Waals surface area contributed by atoms with Crippen molar-refractivity contribution in [2.75, 3.05) is 5.32 Å². The van der Waals surface area contributed by atoms with E-state index in [4.69, 9.17) is 17.0 Å². The van der Waals surface area contributed by atoms with Gasteiger partial charge in [-0.3, -0.25) is 4.79 Å². The van der Waals surface area contributed by atoms with Crippen molar-refractivity contribution < 1.29 is 14.3 Å². The lowest BCUT2D eigenvalue weighted by molar-refractivity contribution is -0.120. The first kappa shape index (κ1) is 19.4. The molecule has 2 rings (SSSR count). The van der Waals surface area contributed by atoms with E-state index in [0.29, 0.717) is 17.7 Å². The molecule has 1 saturated carbocycles. The summed E-state index contributed by atoms with van der Waals surface area (Å²) in [6.45, 7) is 3.95. The van der Waals surface area contributed by atoms with Crippen LogP contribution in [0.15, 0.2) is 24.3 Å². The van der Waals surface area contributed by atoms with Crippen LogP contribution in [0.4, 0.5) is 5.69 Å². The largest absolute Gasteiger partial charge is 0.459 e. The topological polar surface area (TPSA) is 67.4 Å². The molecular formula is C19H26N2O3S. The average Bonchev–Trinajstić information content (AvgIpc) is 2.55. The monoisotopic (exact) mass is 362 g/mol. The van der Waals surface area contributed by atoms with Gasteiger partial charge in [0.05, 0.1) is 5.56 Å². The highest BCUT2D eigenvalue weighted by Gasteiger charge is 2.18. The van der Waals surface area contributed by atoms with Gasteiger partial charge in [0.2, 0.25) is 5.91 Å². The highest BCUT2D eigenvalue weighted by molar-refractivity contribution is 7.80. The van der Waals surface area contributed by atoms with Crippen molar-refractivity contribution in [3.63, 3.8) is 0 Å². The van der Waals surface area contributed by atoms with E-state index < -0.39 is 0 Å². The minimum atomic E-state index is -0.286. The highest BCUT2D eigenvalue weighted by atomic mass is 32.1. The number of carbonyl (C=O) groups is 2. The first-order valence-corrected chi connectivity index (χ1v) is 9.26. The van der Waals surface area contributed by atoms with Gasteiger partial charge in [0, 0.05) is 12.1 Å². The van der Waals surface area contributed by atoms with Gasteiger partial charge in [-0.2, -0.15) is 0 Å². The number of nitrogens with one attached hydrogen (secondary N) is 2. The zero-order chi connectivity index (χ0) is 18.2. The zero-order valence-corrected chi connectivity index (χ0v) is 15.7. The van der Waals surface area contributed by atoms with Gasteiger partial charge < -0.3 is 15.4 Å². The van der Waals surface area contributed by atoms with Crippen molar-refractivity contribution in [2.24, 2.45) is 5.92 Å². The Hall–Kier alpha value is -1.95. The van der Waals surface area contributed by atoms with Gasteiger partial charge in [0.1, 0.15) is 6.10 Å². The van der Waals surface area contributed by atoms with Gasteiger partial charge in [-0.1, -0.05) is 20.3 Å². The van der Waals surface area contributed by atoms with E-state index >= 15 is 0 Å². The quantitative estimate of drug-likeness (QED) is 0.611. The number of esters is 1. The smallest absolute Gasteiger partial charge is 0.338 e. The standard InChI is InChI=1S/C19H26N2O3S/c1-13(2)12-17(22)21-19(25)20-15-10-8-14(9-11-15)18(23)24-16-6-4-3-5-7-16/h8-11,13,16H,3-7,12H2,1-2H3,(H2,20,21,22,25). The summed E-state index contributed by atoms with van der Waals surface area (Å²) in [5.41, 5.74) is 1.23. The molecule has 1 amide bonds. The summed E-state index contributed by atoms with van der Waals surface area (Å²) in [5, 5.41) is 5.83. The van der Waals surface area contributed by atoms with Gasteiger partial charge >= 0.3 is 5.97 Å². The van der Waals surface area contributed by atoms with Gasteiger partial charge in [-0.15, -0.1) is 0 Å². The second-order valence-electron chi connectivity index (χ2n) is 6.84. The van der Waals surface area contributed by atoms with Crippen molar-refractivity contribution in [3.05, 3.63) is 29.8 Å². The van der Waals surface area contributed by atoms with Gasteiger partial charge in [-0.25, -0.2) is 4.79 Å². The number of ether oxygens (including phenoxy) is 1. The molecule has 1 aliphatic carbocycles. The molecule has 0 unspecified atom stereocenters. The number of hydrogen-bond donors (Lipinski definition) is 2. The molecule has 0 bridgehead atoms. The summed E-state index contributed by atoms with van der Waals surface area (Å²) in [6.07, 6.45) is 5.85. The average molecular weight is 362 g/mol. The SMILES string of the molecule is CC(C)CC(=O)NC(=S)Nc1ccc(C(=O)OC2CCCCC2)cc1. The van der Waals surface area contributed by atoms with Gasteiger partial charge in [0.25, 0.3) is 0 Å². The molecule has 1 fully saturated rings. The Morgan fingerprint density at radius 1 is 1.16 bits per heavy atom. The van der Waals surface area contributed by atoms with E-state index in [0.717, 1.165) is 25.7 Å². The normalized spacial score (nSPS) is 14.8. The zero-order valence-electron chi connectivity index (χ0n) is 14.8. The maximum absolute atomic E-state index is 12.2. The van der Waals surface area contributed by atoms with E-state index in [-0.39, 0.29) is 29.0 Å². The third-order valence-corrected chi connectivity index (χ3v) is 4.26. The Morgan fingerprint density at radius 3 is 2.40 bits per heavy atom. The van der Waals surface area contributed by atoms with E-state index in [1.165, 1.54) is 6.42 Å². The molecule has 136 valence electrons. The fourth-order valence-electron chi connectivity index (χ4n) is 2.80. The number of rotatable bonds is 5. The summed E-state index contributed by atoms with van der Waals surface area (Å²) < 4.78 is 5.55. The number of anilines is 1. The Morgan fingerprint density at radius 2 is 1.80 bits per heavy atom. The Kier molecular flexibility index (Phi) is 7.37. The lowest BCUT2D eigenvalue weighted by atomic mass is 9.98. The van der Waals surface area contributed by atoms with Crippen molar-refractivity contribution in [2.45, 2.75) is 58.5 Å². The van der Waals surface area contributed by atoms with Gasteiger partial charge in [0.15, 0.2) is 5.11 Å². The fraction of sp³-hybridized carbons (Fsp3) is 0.526. The second-order valence-corrected chi connectivity index (χ2v) is 7.25. The van der Waals surface area contributed by atoms with E-state index in [1.807, 2.05) is 13.8 Å². The first-order chi connectivity index (χ1) is 11.9. The molecule has 25 heavy (non-hydrogen) atoms. The minimum Gasteiger partial charge on any atom is -0.459 e. The third-order valence-electron chi connectivity index (χ3n) is 4.05. The molecule has 5 nitrogen and oxygen atoms in total. The van der Waals surface area contributed by atoms with Crippen LogP contribution in [-0.2, 0) is 9.53 Å². The van der Waals surface area contributed by atoms with E-state index in [2.05, 4.69) is 10.6 Å². The molecule has 2 N–H and O–H groups in total. The van der Waals surface area contributed by atoms with Crippen LogP contribution in [0.25, 0.3) is 0 Å². The fourth-order valence-corrected chi connectivity index (χ4v) is 3.03. The molecule has 0 spiro atoms. The summed E-state index contributed by atoms with van der Waals surface area (Å²) in [4.78, 5) is 23.9. The van der Waals surface area contributed by atoms with Crippen LogP contribution in [0, 0.1) is 5.92 Å². The number of hydrogen-bond acceptors (Lipinski definition) is 4. The molecule has 1 aliphatic rings. The predicted molar refractivity (Wildman–Crippen MR) is 103 cm³/mol. The molecule has 0 radical (unpaired) electrons. The van der Waals surface area contributed by atoms with Crippen LogP contribution in [-0.4, -0.2) is 23.1 Å². The van der Waals surface area contributed by atoms with Gasteiger partial charge in [-0.05, 0) is 68.1 Å². The Bertz CT molecular complexity index is 608. The van der Waals surface area contributed by atoms with Crippen LogP contribution >= 0.6 is 12.2 Å². The molecule has 0 heterocycles. The summed E-state index contributed by atoms with van der Waals surface area (Å²) in [7, 11) is 0. The summed E-state index contributed by atoms with van der Waals surface area (Å²) in [5.74, 6) is -0.122. The molecule has 0 aromatic heterocycles. The molecule has 0 aliphatic heterocycles. The van der Waals surface area contributed by atoms with Crippen molar-refractivity contribution in [1.82, 2.24) is 5.32 Å². The van der Waals surface area contributed by atoms with Crippen molar-refractivity contribution >= 4 is 34.9 Å². The van der Waals surface area contributed by atoms with Crippen molar-refractivity contribution in [3.8, 4) is 0 Å². The lowest BCUT2D eigenvalue weighted by Gasteiger charge is -2.21. The number of thiocarbonyl (C=S) groups is 1. The van der Waals surface area contributed by atoms with E-state index in [1.54, 1.807) is 24.3 Å². The summed E-state index contributed by atoms with van der Waals surface area (Å²) >= 11 is 5.12. The van der Waals surface area contributed by atoms with Crippen LogP contribution < -0.4 is 10.6 Å². The molecule has 1 aromatic carbocycles. The van der Waals surface area contributed by atoms with Crippen LogP contribution in [0.3, 0.4) is 0 Å². The molecule has 6 heteroatoms. The molecule has 0 saturated heterocycles. The first-order valence-electron chi connectivity index (χ1n) is 8.86. The predicted octanol–water partition coefficient (Wildman–Crippen LogP) is 4.04. The van der Waals surface area contributed by atoms with E-state index in [9.17, 15) is 9.59 Å². The molecule has 0 atom stereocenters. The molecular weight excluding hydrogens is 336 g/mol. The maximum atomic E-state index is 12.2. The maximum Gasteiger partial charge on any atom is 0.338 e. The second kappa shape index (κ2) is 9.51. The Labute approximate surface area is 154 Å². The van der Waals surface area contributed by atoms with Crippen LogP contribution in [0.2, 0.25) is 0 Å². The molecule has 1 aromatic rings. The summed E-state index contributed by atoms with van der Waals surface area (Å²) in [6, 6.07) is 6.90. The number of carbonyl (C=O) groups excluding carboxylic acids is 2. The number of benzene rings is 1. The number of amides is 1. The van der Waals surface area contributed by atoms with Crippen LogP contribution in [0.5, 0.6) is 0 Å². The van der Waals surface area contributed by atoms with Crippen molar-refractivity contribution in [1.29, 1.82) is 0 Å². The minimum absolute atomic E-state index is 0.0443. The lowest BCUT2D eigenvalue weighted by Crippen LogP contribution is -2.34. The van der Waals surface area contributed by atoms with Crippen LogP contribution in [0.1, 0.15) is 62.7 Å². The Balaban J connectivity index is 1.83. The highest BCUT2D eigenvalue weighted by Crippen LogP contribution is 2.21.